The Bertz CT molecular complexity index is 211. The summed E-state index contributed by atoms with van der Waals surface area (Å²) in [5.74, 6) is -1.08. The van der Waals surface area contributed by atoms with Gasteiger partial charge in [-0.3, -0.25) is 4.79 Å². The summed E-state index contributed by atoms with van der Waals surface area (Å²) in [5, 5.41) is 0. The number of alkyl halides is 2. The minimum Gasteiger partial charge on any atom is -0.339 e. The van der Waals surface area contributed by atoms with E-state index in [-0.39, 0.29) is 6.04 Å². The van der Waals surface area contributed by atoms with E-state index in [1.807, 2.05) is 7.05 Å². The van der Waals surface area contributed by atoms with Gasteiger partial charge < -0.3 is 9.80 Å². The number of hydrogen-bond donors (Lipinski definition) is 0. The van der Waals surface area contributed by atoms with Gasteiger partial charge in [0.25, 0.3) is 5.91 Å². The zero-order valence-electron chi connectivity index (χ0n) is 8.54. The second kappa shape index (κ2) is 4.68. The Morgan fingerprint density at radius 3 is 2.71 bits per heavy atom. The first-order valence-corrected chi connectivity index (χ1v) is 4.75. The summed E-state index contributed by atoms with van der Waals surface area (Å²) < 4.78 is 24.1. The van der Waals surface area contributed by atoms with E-state index in [4.69, 9.17) is 0 Å². The van der Waals surface area contributed by atoms with Crippen LogP contribution in [0.1, 0.15) is 12.8 Å². The molecule has 0 spiro atoms. The van der Waals surface area contributed by atoms with E-state index in [2.05, 4.69) is 4.90 Å². The maximum absolute atomic E-state index is 12.0. The number of carbonyl (C=O) groups excluding carboxylic acids is 1. The monoisotopic (exact) mass is 206 g/mol. The topological polar surface area (TPSA) is 23.6 Å². The van der Waals surface area contributed by atoms with Crippen molar-refractivity contribution in [3.63, 3.8) is 0 Å². The first-order valence-electron chi connectivity index (χ1n) is 4.75. The van der Waals surface area contributed by atoms with Gasteiger partial charge in [0.05, 0.1) is 0 Å². The van der Waals surface area contributed by atoms with Crippen molar-refractivity contribution in [2.45, 2.75) is 25.3 Å². The van der Waals surface area contributed by atoms with Gasteiger partial charge in [-0.15, -0.1) is 0 Å². The number of halogens is 2. The molecule has 1 amide bonds. The van der Waals surface area contributed by atoms with Crippen molar-refractivity contribution in [2.75, 3.05) is 27.2 Å². The minimum atomic E-state index is -2.88. The number of hydrogen-bond acceptors (Lipinski definition) is 2. The molecule has 0 saturated carbocycles. The smallest absolute Gasteiger partial charge is 0.315 e. The van der Waals surface area contributed by atoms with Gasteiger partial charge in [-0.1, -0.05) is 0 Å². The molecule has 1 aliphatic rings. The van der Waals surface area contributed by atoms with Gasteiger partial charge in [0.15, 0.2) is 0 Å². The molecular weight excluding hydrogens is 190 g/mol. The van der Waals surface area contributed by atoms with E-state index in [0.29, 0.717) is 6.54 Å². The Morgan fingerprint density at radius 2 is 2.29 bits per heavy atom. The van der Waals surface area contributed by atoms with Crippen LogP contribution in [0.2, 0.25) is 0 Å². The second-order valence-corrected chi connectivity index (χ2v) is 3.80. The molecule has 5 heteroatoms. The molecule has 1 fully saturated rings. The average molecular weight is 206 g/mol. The lowest BCUT2D eigenvalue weighted by atomic mass is 10.2. The first kappa shape index (κ1) is 11.4. The third-order valence-corrected chi connectivity index (χ3v) is 2.72. The molecule has 0 aromatic rings. The van der Waals surface area contributed by atoms with Gasteiger partial charge in [-0.2, -0.15) is 8.78 Å². The molecule has 1 saturated heterocycles. The summed E-state index contributed by atoms with van der Waals surface area (Å²) in [4.78, 5) is 14.1. The van der Waals surface area contributed by atoms with Crippen molar-refractivity contribution >= 4 is 5.91 Å². The molecule has 0 radical (unpaired) electrons. The number of likely N-dealkylation sites (N-methyl/N-ethyl adjacent to an activating group) is 2. The molecule has 82 valence electrons. The molecule has 1 heterocycles. The lowest BCUT2D eigenvalue weighted by Gasteiger charge is -2.25. The molecule has 0 aromatic carbocycles. The molecular formula is C9H16F2N2O. The number of rotatable bonds is 3. The highest BCUT2D eigenvalue weighted by Gasteiger charge is 2.26. The number of nitrogens with zero attached hydrogens (tertiary/aromatic N) is 2. The molecule has 1 atom stereocenters. The highest BCUT2D eigenvalue weighted by Crippen LogP contribution is 2.15. The first-order chi connectivity index (χ1) is 6.52. The van der Waals surface area contributed by atoms with Gasteiger partial charge in [-0.05, 0) is 26.4 Å². The third-order valence-electron chi connectivity index (χ3n) is 2.72. The minimum absolute atomic E-state index is 0.239. The van der Waals surface area contributed by atoms with Crippen LogP contribution in [0.4, 0.5) is 8.78 Å². The summed E-state index contributed by atoms with van der Waals surface area (Å²) in [6, 6.07) is 0.239. The molecule has 3 nitrogen and oxygen atoms in total. The van der Waals surface area contributed by atoms with Gasteiger partial charge in [0.1, 0.15) is 0 Å². The quantitative estimate of drug-likeness (QED) is 0.682. The molecule has 1 rings (SSSR count). The Balaban J connectivity index is 2.39. The fourth-order valence-electron chi connectivity index (χ4n) is 1.78. The number of likely N-dealkylation sites (tertiary alicyclic amines) is 1. The summed E-state index contributed by atoms with van der Waals surface area (Å²) in [6.07, 6.45) is -0.818. The van der Waals surface area contributed by atoms with E-state index in [1.165, 1.54) is 7.05 Å². The van der Waals surface area contributed by atoms with E-state index in [1.54, 1.807) is 0 Å². The molecule has 0 aromatic heterocycles. The highest BCUT2D eigenvalue weighted by molar-refractivity contribution is 5.79. The summed E-state index contributed by atoms with van der Waals surface area (Å²) >= 11 is 0. The van der Waals surface area contributed by atoms with Crippen LogP contribution in [0.15, 0.2) is 0 Å². The van der Waals surface area contributed by atoms with Crippen LogP contribution >= 0.6 is 0 Å². The maximum atomic E-state index is 12.0. The zero-order valence-corrected chi connectivity index (χ0v) is 8.54. The number of carbonyl (C=O) groups is 1. The normalized spacial score (nSPS) is 23.1. The second-order valence-electron chi connectivity index (χ2n) is 3.80. The van der Waals surface area contributed by atoms with Crippen molar-refractivity contribution in [3.8, 4) is 0 Å². The average Bonchev–Trinajstić information content (AvgIpc) is 2.50. The Kier molecular flexibility index (Phi) is 3.80. The van der Waals surface area contributed by atoms with Crippen molar-refractivity contribution in [1.82, 2.24) is 9.80 Å². The van der Waals surface area contributed by atoms with E-state index >= 15 is 0 Å². The lowest BCUT2D eigenvalue weighted by Crippen LogP contribution is -2.41. The van der Waals surface area contributed by atoms with Gasteiger partial charge >= 0.3 is 6.43 Å². The number of amides is 1. The summed E-state index contributed by atoms with van der Waals surface area (Å²) in [7, 11) is 3.39. The van der Waals surface area contributed by atoms with E-state index < -0.39 is 12.3 Å². The predicted molar refractivity (Wildman–Crippen MR) is 49.3 cm³/mol. The van der Waals surface area contributed by atoms with E-state index in [9.17, 15) is 13.6 Å². The molecule has 1 aliphatic heterocycles. The molecule has 0 bridgehead atoms. The highest BCUT2D eigenvalue weighted by atomic mass is 19.3. The van der Waals surface area contributed by atoms with Crippen molar-refractivity contribution in [1.29, 1.82) is 0 Å². The lowest BCUT2D eigenvalue weighted by molar-refractivity contribution is -0.142. The predicted octanol–water partition coefficient (Wildman–Crippen LogP) is 0.804. The zero-order chi connectivity index (χ0) is 10.7. The van der Waals surface area contributed by atoms with Crippen molar-refractivity contribution in [2.24, 2.45) is 0 Å². The van der Waals surface area contributed by atoms with Crippen molar-refractivity contribution in [3.05, 3.63) is 0 Å². The molecule has 14 heavy (non-hydrogen) atoms. The summed E-state index contributed by atoms with van der Waals surface area (Å²) in [5.41, 5.74) is 0. The van der Waals surface area contributed by atoms with Gasteiger partial charge in [0.2, 0.25) is 0 Å². The Morgan fingerprint density at radius 1 is 1.64 bits per heavy atom. The van der Waals surface area contributed by atoms with Crippen LogP contribution in [0, 0.1) is 0 Å². The standard InChI is InChI=1S/C9H16F2N2O/c1-12-5-3-4-7(12)6-13(2)9(14)8(10)11/h7-8H,3-6H2,1-2H3. The van der Waals surface area contributed by atoms with Crippen LogP contribution in [0.5, 0.6) is 0 Å². The Labute approximate surface area is 82.7 Å². The van der Waals surface area contributed by atoms with Crippen LogP contribution in [0.25, 0.3) is 0 Å². The fraction of sp³-hybridized carbons (Fsp3) is 0.889. The molecule has 0 N–H and O–H groups in total. The Hall–Kier alpha value is -0.710. The van der Waals surface area contributed by atoms with Crippen LogP contribution in [-0.2, 0) is 4.79 Å². The molecule has 0 aliphatic carbocycles. The molecule has 1 unspecified atom stereocenters. The van der Waals surface area contributed by atoms with E-state index in [0.717, 1.165) is 24.3 Å². The third kappa shape index (κ3) is 2.64. The van der Waals surface area contributed by atoms with Gasteiger partial charge in [-0.25, -0.2) is 0 Å². The summed E-state index contributed by atoms with van der Waals surface area (Å²) in [6.45, 7) is 1.39. The fourth-order valence-corrected chi connectivity index (χ4v) is 1.78. The van der Waals surface area contributed by atoms with Crippen LogP contribution in [-0.4, -0.2) is 55.4 Å². The maximum Gasteiger partial charge on any atom is 0.315 e. The van der Waals surface area contributed by atoms with Crippen LogP contribution in [0.3, 0.4) is 0 Å². The van der Waals surface area contributed by atoms with Crippen LogP contribution < -0.4 is 0 Å². The largest absolute Gasteiger partial charge is 0.339 e. The van der Waals surface area contributed by atoms with Gasteiger partial charge in [0, 0.05) is 19.6 Å². The SMILES string of the molecule is CN(CC1CCCN1C)C(=O)C(F)F. The van der Waals surface area contributed by atoms with Crippen molar-refractivity contribution < 1.29 is 13.6 Å².